The first kappa shape index (κ1) is 13.8. The number of aliphatic hydroxyl groups excluding tert-OH is 1. The molecule has 2 aromatic rings. The maximum absolute atomic E-state index is 12.3. The van der Waals surface area contributed by atoms with E-state index in [1.807, 2.05) is 18.2 Å². The Hall–Kier alpha value is -2.21. The minimum absolute atomic E-state index is 0.182. The second-order valence-electron chi connectivity index (χ2n) is 5.36. The van der Waals surface area contributed by atoms with Gasteiger partial charge in [-0.1, -0.05) is 6.07 Å². The maximum atomic E-state index is 12.3. The third kappa shape index (κ3) is 2.80. The van der Waals surface area contributed by atoms with Crippen LogP contribution in [0.3, 0.4) is 0 Å². The summed E-state index contributed by atoms with van der Waals surface area (Å²) in [6, 6.07) is 5.37. The molecule has 0 aliphatic heterocycles. The molecule has 2 aromatic heterocycles. The lowest BCUT2D eigenvalue weighted by Crippen LogP contribution is -2.41. The fourth-order valence-electron chi connectivity index (χ4n) is 2.62. The fraction of sp³-hybridized carbons (Fsp3) is 0.400. The van der Waals surface area contributed by atoms with E-state index in [0.717, 1.165) is 5.69 Å². The van der Waals surface area contributed by atoms with E-state index in [1.165, 1.54) is 6.39 Å². The van der Waals surface area contributed by atoms with Crippen molar-refractivity contribution in [1.82, 2.24) is 15.3 Å². The highest BCUT2D eigenvalue weighted by atomic mass is 16.3. The van der Waals surface area contributed by atoms with Crippen molar-refractivity contribution in [1.29, 1.82) is 0 Å². The average molecular weight is 287 g/mol. The second-order valence-corrected chi connectivity index (χ2v) is 5.36. The zero-order chi connectivity index (χ0) is 14.8. The van der Waals surface area contributed by atoms with Crippen molar-refractivity contribution < 1.29 is 14.3 Å². The van der Waals surface area contributed by atoms with Crippen molar-refractivity contribution in [3.63, 3.8) is 0 Å². The molecule has 0 spiro atoms. The Balaban J connectivity index is 1.80. The normalized spacial score (nSPS) is 22.4. The van der Waals surface area contributed by atoms with Crippen molar-refractivity contribution >= 4 is 5.91 Å². The van der Waals surface area contributed by atoms with Crippen molar-refractivity contribution in [2.75, 3.05) is 0 Å². The van der Waals surface area contributed by atoms with Gasteiger partial charge in [-0.15, -0.1) is 0 Å². The molecule has 1 fully saturated rings. The average Bonchev–Trinajstić information content (AvgIpc) is 2.89. The topological polar surface area (TPSA) is 88.3 Å². The third-order valence-electron chi connectivity index (χ3n) is 3.87. The first-order valence-corrected chi connectivity index (χ1v) is 6.95. The molecule has 6 nitrogen and oxygen atoms in total. The summed E-state index contributed by atoms with van der Waals surface area (Å²) in [4.78, 5) is 20.5. The van der Waals surface area contributed by atoms with E-state index >= 15 is 0 Å². The summed E-state index contributed by atoms with van der Waals surface area (Å²) in [5, 5.41) is 12.5. The summed E-state index contributed by atoms with van der Waals surface area (Å²) in [6.45, 7) is 1.72. The van der Waals surface area contributed by atoms with Gasteiger partial charge in [0, 0.05) is 6.20 Å². The van der Waals surface area contributed by atoms with Gasteiger partial charge in [0.05, 0.1) is 23.5 Å². The van der Waals surface area contributed by atoms with Gasteiger partial charge in [-0.25, -0.2) is 4.98 Å². The monoisotopic (exact) mass is 287 g/mol. The number of oxazole rings is 1. The lowest BCUT2D eigenvalue weighted by Gasteiger charge is -2.37. The van der Waals surface area contributed by atoms with Crippen LogP contribution in [0.25, 0.3) is 0 Å². The number of hydrogen-bond donors (Lipinski definition) is 2. The lowest BCUT2D eigenvalue weighted by atomic mass is 9.76. The van der Waals surface area contributed by atoms with Crippen LogP contribution in [0.15, 0.2) is 35.2 Å². The summed E-state index contributed by atoms with van der Waals surface area (Å²) in [5.74, 6) is 0.0972. The third-order valence-corrected chi connectivity index (χ3v) is 3.87. The van der Waals surface area contributed by atoms with Crippen molar-refractivity contribution in [2.45, 2.75) is 31.9 Å². The molecule has 3 rings (SSSR count). The van der Waals surface area contributed by atoms with Gasteiger partial charge in [0.2, 0.25) is 5.76 Å². The van der Waals surface area contributed by atoms with Crippen molar-refractivity contribution in [3.05, 3.63) is 47.9 Å². The largest absolute Gasteiger partial charge is 0.438 e. The fourth-order valence-corrected chi connectivity index (χ4v) is 2.62. The zero-order valence-electron chi connectivity index (χ0n) is 11.7. The van der Waals surface area contributed by atoms with E-state index in [-0.39, 0.29) is 29.7 Å². The Morgan fingerprint density at radius 1 is 1.43 bits per heavy atom. The van der Waals surface area contributed by atoms with Gasteiger partial charge in [0.15, 0.2) is 6.39 Å². The number of pyridine rings is 1. The summed E-state index contributed by atoms with van der Waals surface area (Å²) in [6.07, 6.45) is 4.00. The summed E-state index contributed by atoms with van der Waals surface area (Å²) < 4.78 is 5.12. The number of nitrogens with zero attached hydrogens (tertiary/aromatic N) is 2. The molecule has 21 heavy (non-hydrogen) atoms. The molecule has 0 aromatic carbocycles. The maximum Gasteiger partial charge on any atom is 0.289 e. The van der Waals surface area contributed by atoms with Crippen LogP contribution in [-0.2, 0) is 0 Å². The highest BCUT2D eigenvalue weighted by Gasteiger charge is 2.36. The van der Waals surface area contributed by atoms with Crippen LogP contribution in [0.4, 0.5) is 0 Å². The van der Waals surface area contributed by atoms with Gasteiger partial charge < -0.3 is 14.8 Å². The molecule has 1 aliphatic carbocycles. The van der Waals surface area contributed by atoms with Crippen LogP contribution >= 0.6 is 0 Å². The minimum atomic E-state index is -0.304. The lowest BCUT2D eigenvalue weighted by molar-refractivity contribution is 0.0225. The van der Waals surface area contributed by atoms with E-state index in [4.69, 9.17) is 4.42 Å². The van der Waals surface area contributed by atoms with E-state index in [2.05, 4.69) is 15.3 Å². The van der Waals surface area contributed by atoms with Crippen LogP contribution in [-0.4, -0.2) is 27.1 Å². The molecular formula is C15H17N3O3. The summed E-state index contributed by atoms with van der Waals surface area (Å²) in [5.41, 5.74) is 1.35. The molecule has 1 atom stereocenters. The number of aryl methyl sites for hydroxylation is 1. The number of aromatic nitrogens is 2. The van der Waals surface area contributed by atoms with E-state index in [9.17, 15) is 9.90 Å². The van der Waals surface area contributed by atoms with E-state index in [1.54, 1.807) is 13.1 Å². The number of hydrogen-bond acceptors (Lipinski definition) is 5. The first-order valence-electron chi connectivity index (χ1n) is 6.95. The van der Waals surface area contributed by atoms with Gasteiger partial charge in [0.1, 0.15) is 0 Å². The predicted octanol–water partition coefficient (Wildman–Crippen LogP) is 1.62. The van der Waals surface area contributed by atoms with Gasteiger partial charge in [-0.2, -0.15) is 0 Å². The van der Waals surface area contributed by atoms with Gasteiger partial charge in [-0.05, 0) is 37.8 Å². The number of carbonyl (C=O) groups is 1. The smallest absolute Gasteiger partial charge is 0.289 e. The Morgan fingerprint density at radius 2 is 2.24 bits per heavy atom. The molecule has 110 valence electrons. The van der Waals surface area contributed by atoms with Crippen LogP contribution < -0.4 is 5.32 Å². The quantitative estimate of drug-likeness (QED) is 0.892. The van der Waals surface area contributed by atoms with Crippen LogP contribution in [0, 0.1) is 12.8 Å². The zero-order valence-corrected chi connectivity index (χ0v) is 11.7. The molecule has 6 heteroatoms. The molecule has 1 aliphatic rings. The molecule has 0 bridgehead atoms. The number of carbonyl (C=O) groups excluding carboxylic acids is 1. The summed E-state index contributed by atoms with van der Waals surface area (Å²) in [7, 11) is 0. The predicted molar refractivity (Wildman–Crippen MR) is 74.4 cm³/mol. The van der Waals surface area contributed by atoms with E-state index in [0.29, 0.717) is 18.5 Å². The minimum Gasteiger partial charge on any atom is -0.438 e. The molecule has 0 saturated heterocycles. The second kappa shape index (κ2) is 5.65. The Labute approximate surface area is 122 Å². The molecule has 0 radical (unpaired) electrons. The Bertz CT molecular complexity index is 620. The van der Waals surface area contributed by atoms with E-state index < -0.39 is 0 Å². The standard InChI is InChI=1S/C15H17N3O3/c1-9-14(21-8-17-9)15(20)18-13(10-6-11(19)7-10)12-4-2-3-5-16-12/h2-5,8,10-11,13,19H,6-7H2,1H3,(H,18,20)/t10?,11?,13-/m0/s1. The summed E-state index contributed by atoms with van der Waals surface area (Å²) >= 11 is 0. The van der Waals surface area contributed by atoms with Crippen molar-refractivity contribution in [2.24, 2.45) is 5.92 Å². The number of nitrogens with one attached hydrogen (secondary N) is 1. The number of amides is 1. The highest BCUT2D eigenvalue weighted by molar-refractivity contribution is 5.92. The first-order chi connectivity index (χ1) is 10.1. The van der Waals surface area contributed by atoms with Crippen LogP contribution in [0.1, 0.15) is 40.8 Å². The molecule has 1 amide bonds. The number of aliphatic hydroxyl groups is 1. The molecule has 1 saturated carbocycles. The van der Waals surface area contributed by atoms with Gasteiger partial charge in [0.25, 0.3) is 5.91 Å². The number of rotatable bonds is 4. The van der Waals surface area contributed by atoms with Gasteiger partial charge >= 0.3 is 0 Å². The Kier molecular flexibility index (Phi) is 3.70. The Morgan fingerprint density at radius 3 is 2.81 bits per heavy atom. The van der Waals surface area contributed by atoms with Crippen LogP contribution in [0.2, 0.25) is 0 Å². The van der Waals surface area contributed by atoms with Crippen molar-refractivity contribution in [3.8, 4) is 0 Å². The SMILES string of the molecule is Cc1ncoc1C(=O)N[C@H](c1ccccn1)C1CC(O)C1. The molecule has 2 heterocycles. The molecule has 0 unspecified atom stereocenters. The highest BCUT2D eigenvalue weighted by Crippen LogP contribution is 2.37. The molecular weight excluding hydrogens is 270 g/mol. The molecule has 2 N–H and O–H groups in total. The van der Waals surface area contributed by atoms with Gasteiger partial charge in [-0.3, -0.25) is 9.78 Å². The van der Waals surface area contributed by atoms with Crippen LogP contribution in [0.5, 0.6) is 0 Å².